The molecule has 82 valence electrons. The molecule has 0 amide bonds. The van der Waals surface area contributed by atoms with E-state index in [1.165, 1.54) is 32.1 Å². The van der Waals surface area contributed by atoms with Gasteiger partial charge >= 0.3 is 0 Å². The maximum atomic E-state index is 6.19. The van der Waals surface area contributed by atoms with Crippen LogP contribution in [0.2, 0.25) is 0 Å². The molecule has 0 aromatic heterocycles. The van der Waals surface area contributed by atoms with E-state index in [1.807, 2.05) is 0 Å². The van der Waals surface area contributed by atoms with Crippen LogP contribution in [0.15, 0.2) is 0 Å². The van der Waals surface area contributed by atoms with Crippen molar-refractivity contribution in [3.05, 3.63) is 0 Å². The Balaban J connectivity index is 1.88. The summed E-state index contributed by atoms with van der Waals surface area (Å²) in [6, 6.07) is 1.48. The third-order valence-corrected chi connectivity index (χ3v) is 4.33. The normalized spacial score (nSPS) is 42.4. The van der Waals surface area contributed by atoms with Gasteiger partial charge in [0, 0.05) is 17.6 Å². The van der Waals surface area contributed by atoms with Crippen LogP contribution in [-0.2, 0) is 0 Å². The molecule has 2 heteroatoms. The Bertz CT molecular complexity index is 198. The van der Waals surface area contributed by atoms with Crippen LogP contribution in [0.3, 0.4) is 0 Å². The first-order valence-corrected chi connectivity index (χ1v) is 6.01. The van der Waals surface area contributed by atoms with Crippen molar-refractivity contribution < 1.29 is 0 Å². The molecule has 0 aromatic carbocycles. The van der Waals surface area contributed by atoms with E-state index in [1.54, 1.807) is 0 Å². The summed E-state index contributed by atoms with van der Waals surface area (Å²) in [5.41, 5.74) is 6.44. The first kappa shape index (κ1) is 10.4. The first-order chi connectivity index (χ1) is 6.50. The van der Waals surface area contributed by atoms with Crippen LogP contribution < -0.4 is 5.73 Å². The monoisotopic (exact) mass is 196 g/mol. The van der Waals surface area contributed by atoms with E-state index >= 15 is 0 Å². The van der Waals surface area contributed by atoms with E-state index < -0.39 is 0 Å². The molecule has 1 aliphatic carbocycles. The molecule has 1 heterocycles. The van der Waals surface area contributed by atoms with Crippen molar-refractivity contribution >= 4 is 0 Å². The molecule has 0 spiro atoms. The minimum atomic E-state index is 0.250. The lowest BCUT2D eigenvalue weighted by Crippen LogP contribution is -2.45. The third-order valence-electron chi connectivity index (χ3n) is 4.33. The largest absolute Gasteiger partial charge is 0.325 e. The van der Waals surface area contributed by atoms with Crippen LogP contribution >= 0.6 is 0 Å². The number of nitrogens with zero attached hydrogens (tertiary/aromatic N) is 1. The average molecular weight is 196 g/mol. The van der Waals surface area contributed by atoms with Crippen molar-refractivity contribution in [2.45, 2.75) is 63.6 Å². The van der Waals surface area contributed by atoms with Gasteiger partial charge in [-0.25, -0.2) is 0 Å². The van der Waals surface area contributed by atoms with Gasteiger partial charge in [0.2, 0.25) is 0 Å². The summed E-state index contributed by atoms with van der Waals surface area (Å²) in [5.74, 6) is 0.878. The molecule has 1 saturated carbocycles. The fourth-order valence-electron chi connectivity index (χ4n) is 2.93. The Labute approximate surface area is 87.8 Å². The van der Waals surface area contributed by atoms with E-state index in [0.29, 0.717) is 0 Å². The van der Waals surface area contributed by atoms with Gasteiger partial charge in [0.05, 0.1) is 0 Å². The van der Waals surface area contributed by atoms with Crippen LogP contribution in [0.4, 0.5) is 0 Å². The van der Waals surface area contributed by atoms with Gasteiger partial charge in [0.1, 0.15) is 0 Å². The molecule has 0 radical (unpaired) electrons. The molecule has 2 unspecified atom stereocenters. The topological polar surface area (TPSA) is 29.3 Å². The first-order valence-electron chi connectivity index (χ1n) is 6.01. The number of nitrogens with two attached hydrogens (primary N) is 1. The molecule has 2 fully saturated rings. The molecular formula is C12H24N2. The number of piperidine rings is 1. The molecule has 2 nitrogen and oxygen atoms in total. The fraction of sp³-hybridized carbons (Fsp3) is 1.00. The van der Waals surface area contributed by atoms with E-state index in [2.05, 4.69) is 25.8 Å². The highest BCUT2D eigenvalue weighted by Gasteiger charge is 2.41. The van der Waals surface area contributed by atoms with Gasteiger partial charge in [0.15, 0.2) is 0 Å². The highest BCUT2D eigenvalue weighted by atomic mass is 15.2. The quantitative estimate of drug-likeness (QED) is 0.732. The molecular weight excluding hydrogens is 172 g/mol. The van der Waals surface area contributed by atoms with Crippen molar-refractivity contribution in [2.24, 2.45) is 11.7 Å². The van der Waals surface area contributed by atoms with Gasteiger partial charge in [-0.2, -0.15) is 0 Å². The van der Waals surface area contributed by atoms with Gasteiger partial charge in [-0.3, -0.25) is 0 Å². The molecule has 1 aliphatic heterocycles. The second-order valence-electron chi connectivity index (χ2n) is 5.77. The molecule has 14 heavy (non-hydrogen) atoms. The van der Waals surface area contributed by atoms with Crippen LogP contribution in [-0.4, -0.2) is 29.6 Å². The fourth-order valence-corrected chi connectivity index (χ4v) is 2.93. The van der Waals surface area contributed by atoms with E-state index in [0.717, 1.165) is 18.0 Å². The number of likely N-dealkylation sites (tertiary alicyclic amines) is 1. The maximum Gasteiger partial charge on any atom is 0.0158 e. The number of hydrogen-bond donors (Lipinski definition) is 1. The lowest BCUT2D eigenvalue weighted by molar-refractivity contribution is 0.0903. The molecule has 0 bridgehead atoms. The summed E-state index contributed by atoms with van der Waals surface area (Å²) >= 11 is 0. The van der Waals surface area contributed by atoms with E-state index in [4.69, 9.17) is 5.73 Å². The average Bonchev–Trinajstić information content (AvgIpc) is 2.79. The van der Waals surface area contributed by atoms with Gasteiger partial charge in [-0.15, -0.1) is 0 Å². The Morgan fingerprint density at radius 2 is 1.71 bits per heavy atom. The molecule has 2 aliphatic rings. The van der Waals surface area contributed by atoms with Crippen LogP contribution in [0.5, 0.6) is 0 Å². The highest BCUT2D eigenvalue weighted by molar-refractivity contribution is 5.01. The zero-order valence-electron chi connectivity index (χ0n) is 9.79. The minimum absolute atomic E-state index is 0.250. The Hall–Kier alpha value is -0.0800. The summed E-state index contributed by atoms with van der Waals surface area (Å²) in [6.45, 7) is 4.69. The van der Waals surface area contributed by atoms with Crippen LogP contribution in [0.25, 0.3) is 0 Å². The zero-order chi connectivity index (χ0) is 10.3. The van der Waals surface area contributed by atoms with E-state index in [9.17, 15) is 0 Å². The van der Waals surface area contributed by atoms with Gasteiger partial charge in [0.25, 0.3) is 0 Å². The van der Waals surface area contributed by atoms with Crippen LogP contribution in [0.1, 0.15) is 46.0 Å². The van der Waals surface area contributed by atoms with E-state index in [-0.39, 0.29) is 5.54 Å². The zero-order valence-corrected chi connectivity index (χ0v) is 9.79. The molecule has 0 aromatic rings. The number of rotatable bonds is 2. The third kappa shape index (κ3) is 2.12. The van der Waals surface area contributed by atoms with Crippen LogP contribution in [0, 0.1) is 5.92 Å². The van der Waals surface area contributed by atoms with Crippen molar-refractivity contribution in [1.82, 2.24) is 4.90 Å². The Morgan fingerprint density at radius 1 is 1.21 bits per heavy atom. The Kier molecular flexibility index (Phi) is 2.61. The molecule has 2 rings (SSSR count). The lowest BCUT2D eigenvalue weighted by atomic mass is 9.83. The maximum absolute atomic E-state index is 6.19. The second-order valence-corrected chi connectivity index (χ2v) is 5.77. The molecule has 2 N–H and O–H groups in total. The van der Waals surface area contributed by atoms with Gasteiger partial charge in [-0.05, 0) is 58.9 Å². The summed E-state index contributed by atoms with van der Waals surface area (Å²) in [7, 11) is 2.25. The van der Waals surface area contributed by atoms with Gasteiger partial charge in [-0.1, -0.05) is 0 Å². The smallest absolute Gasteiger partial charge is 0.0158 e. The molecule has 1 saturated heterocycles. The predicted octanol–water partition coefficient (Wildman–Crippen LogP) is 1.99. The van der Waals surface area contributed by atoms with Crippen molar-refractivity contribution in [3.63, 3.8) is 0 Å². The lowest BCUT2D eigenvalue weighted by Gasteiger charge is -2.41. The summed E-state index contributed by atoms with van der Waals surface area (Å²) in [6.07, 6.45) is 6.50. The minimum Gasteiger partial charge on any atom is -0.325 e. The highest BCUT2D eigenvalue weighted by Crippen LogP contribution is 2.42. The Morgan fingerprint density at radius 3 is 2.14 bits per heavy atom. The molecule has 2 atom stereocenters. The summed E-state index contributed by atoms with van der Waals surface area (Å²) < 4.78 is 0. The number of hydrogen-bond acceptors (Lipinski definition) is 2. The van der Waals surface area contributed by atoms with Crippen molar-refractivity contribution in [1.29, 1.82) is 0 Å². The van der Waals surface area contributed by atoms with Gasteiger partial charge < -0.3 is 10.6 Å². The summed E-state index contributed by atoms with van der Waals surface area (Å²) in [4.78, 5) is 2.51. The van der Waals surface area contributed by atoms with Crippen molar-refractivity contribution in [3.8, 4) is 0 Å². The predicted molar refractivity (Wildman–Crippen MR) is 60.2 cm³/mol. The standard InChI is InChI=1S/C12H24N2/c1-9-6-11(7-10(2)14(9)3)8-12(13)4-5-12/h9-11H,4-8,13H2,1-3H3. The summed E-state index contributed by atoms with van der Waals surface area (Å²) in [5, 5.41) is 0. The van der Waals surface area contributed by atoms with Crippen molar-refractivity contribution in [2.75, 3.05) is 7.05 Å². The second kappa shape index (κ2) is 3.49. The SMILES string of the molecule is CC1CC(CC2(N)CC2)CC(C)N1C.